The summed E-state index contributed by atoms with van der Waals surface area (Å²) in [5.41, 5.74) is 2.91. The minimum Gasteiger partial charge on any atom is -0.369 e. The van der Waals surface area contributed by atoms with Gasteiger partial charge in [0.25, 0.3) is 11.8 Å². The lowest BCUT2D eigenvalue weighted by molar-refractivity contribution is -0.120. The quantitative estimate of drug-likeness (QED) is 0.709. The predicted molar refractivity (Wildman–Crippen MR) is 121 cm³/mol. The maximum Gasteiger partial charge on any atom is 0.282 e. The predicted octanol–water partition coefficient (Wildman–Crippen LogP) is 2.88. The van der Waals surface area contributed by atoms with Crippen molar-refractivity contribution in [1.82, 2.24) is 9.80 Å². The fraction of sp³-hybridized carbons (Fsp3) is 0.391. The lowest BCUT2D eigenvalue weighted by Crippen LogP contribution is -2.44. The van der Waals surface area contributed by atoms with Gasteiger partial charge in [0.2, 0.25) is 0 Å². The van der Waals surface area contributed by atoms with Crippen LogP contribution in [0.3, 0.4) is 0 Å². The van der Waals surface area contributed by atoms with Gasteiger partial charge in [-0.15, -0.1) is 11.3 Å². The smallest absolute Gasteiger partial charge is 0.282 e. The summed E-state index contributed by atoms with van der Waals surface area (Å²) < 4.78 is 0. The number of hydrogen-bond acceptors (Lipinski definition) is 6. The molecule has 0 spiro atoms. The molecule has 156 valence electrons. The third-order valence-corrected chi connectivity index (χ3v) is 7.11. The van der Waals surface area contributed by atoms with Gasteiger partial charge in [0.1, 0.15) is 5.70 Å². The second kappa shape index (κ2) is 7.89. The fourth-order valence-corrected chi connectivity index (χ4v) is 5.27. The van der Waals surface area contributed by atoms with Crippen LogP contribution in [0.4, 0.5) is 11.4 Å². The molecule has 2 amide bonds. The molecule has 0 N–H and O–H groups in total. The lowest BCUT2D eigenvalue weighted by Gasteiger charge is -2.34. The van der Waals surface area contributed by atoms with Crippen molar-refractivity contribution in [3.63, 3.8) is 0 Å². The number of benzene rings is 1. The first-order valence-corrected chi connectivity index (χ1v) is 11.5. The molecule has 2 saturated heterocycles. The minimum atomic E-state index is -0.211. The second-order valence-corrected chi connectivity index (χ2v) is 9.10. The van der Waals surface area contributed by atoms with E-state index in [1.165, 1.54) is 16.2 Å². The van der Waals surface area contributed by atoms with Gasteiger partial charge in [-0.2, -0.15) is 0 Å². The minimum absolute atomic E-state index is 0.197. The van der Waals surface area contributed by atoms with Crippen LogP contribution in [-0.4, -0.2) is 67.9 Å². The Kier molecular flexibility index (Phi) is 5.08. The molecule has 5 rings (SSSR count). The van der Waals surface area contributed by atoms with Crippen LogP contribution in [0.25, 0.3) is 5.57 Å². The van der Waals surface area contributed by atoms with Crippen molar-refractivity contribution in [3.8, 4) is 0 Å². The zero-order chi connectivity index (χ0) is 20.7. The normalized spacial score (nSPS) is 20.8. The largest absolute Gasteiger partial charge is 0.369 e. The molecule has 0 aliphatic carbocycles. The summed E-state index contributed by atoms with van der Waals surface area (Å²) in [7, 11) is 2.14. The van der Waals surface area contributed by atoms with E-state index in [4.69, 9.17) is 0 Å². The SMILES string of the molecule is CN1CCN(c2ccc(N3C(=O)C(c4cccs4)=C(N4CCCC4)C3=O)cc2)CC1. The Morgan fingerprint density at radius 1 is 0.767 bits per heavy atom. The highest BCUT2D eigenvalue weighted by molar-refractivity contribution is 7.11. The van der Waals surface area contributed by atoms with Crippen LogP contribution in [0.1, 0.15) is 17.7 Å². The van der Waals surface area contributed by atoms with Crippen LogP contribution < -0.4 is 9.80 Å². The number of piperazine rings is 1. The molecule has 6 nitrogen and oxygen atoms in total. The zero-order valence-corrected chi connectivity index (χ0v) is 18.0. The first-order chi connectivity index (χ1) is 14.6. The van der Waals surface area contributed by atoms with E-state index < -0.39 is 0 Å². The maximum absolute atomic E-state index is 13.4. The van der Waals surface area contributed by atoms with E-state index >= 15 is 0 Å². The first-order valence-electron chi connectivity index (χ1n) is 10.6. The summed E-state index contributed by atoms with van der Waals surface area (Å²) in [6.45, 7) is 5.72. The summed E-state index contributed by atoms with van der Waals surface area (Å²) in [4.78, 5) is 35.8. The molecule has 1 aromatic heterocycles. The van der Waals surface area contributed by atoms with Gasteiger partial charge in [-0.25, -0.2) is 4.90 Å². The molecule has 0 unspecified atom stereocenters. The molecule has 0 bridgehead atoms. The van der Waals surface area contributed by atoms with Gasteiger partial charge in [-0.3, -0.25) is 9.59 Å². The van der Waals surface area contributed by atoms with Crippen LogP contribution in [0.15, 0.2) is 47.5 Å². The average Bonchev–Trinajstić information content (AvgIpc) is 3.50. The van der Waals surface area contributed by atoms with Crippen LogP contribution >= 0.6 is 11.3 Å². The van der Waals surface area contributed by atoms with E-state index in [1.807, 2.05) is 41.8 Å². The van der Waals surface area contributed by atoms with Crippen LogP contribution in [0.2, 0.25) is 0 Å². The summed E-state index contributed by atoms with van der Waals surface area (Å²) in [6, 6.07) is 11.7. The maximum atomic E-state index is 13.4. The van der Waals surface area contributed by atoms with Crippen molar-refractivity contribution in [2.75, 3.05) is 56.1 Å². The number of likely N-dealkylation sites (N-methyl/N-ethyl adjacent to an activating group) is 1. The highest BCUT2D eigenvalue weighted by atomic mass is 32.1. The van der Waals surface area contributed by atoms with Crippen LogP contribution in [0.5, 0.6) is 0 Å². The number of likely N-dealkylation sites (tertiary alicyclic amines) is 1. The van der Waals surface area contributed by atoms with Crippen LogP contribution in [0, 0.1) is 0 Å². The molecular weight excluding hydrogens is 396 g/mol. The molecule has 1 aromatic carbocycles. The third kappa shape index (κ3) is 3.32. The van der Waals surface area contributed by atoms with E-state index in [0.717, 1.165) is 62.7 Å². The molecule has 3 aliphatic heterocycles. The van der Waals surface area contributed by atoms with Crippen molar-refractivity contribution < 1.29 is 9.59 Å². The molecule has 3 aliphatic rings. The first kappa shape index (κ1) is 19.3. The number of rotatable bonds is 4. The van der Waals surface area contributed by atoms with Gasteiger partial charge in [-0.05, 0) is 55.6 Å². The van der Waals surface area contributed by atoms with Gasteiger partial charge in [0.05, 0.1) is 11.3 Å². The molecule has 2 aromatic rings. The Morgan fingerprint density at radius 3 is 2.07 bits per heavy atom. The van der Waals surface area contributed by atoms with Gasteiger partial charge >= 0.3 is 0 Å². The Hall–Kier alpha value is -2.64. The number of anilines is 2. The Balaban J connectivity index is 1.44. The number of imide groups is 1. The summed E-state index contributed by atoms with van der Waals surface area (Å²) in [6.07, 6.45) is 2.12. The lowest BCUT2D eigenvalue weighted by atomic mass is 10.1. The Morgan fingerprint density at radius 2 is 1.43 bits per heavy atom. The van der Waals surface area contributed by atoms with Crippen molar-refractivity contribution >= 4 is 40.1 Å². The third-order valence-electron chi connectivity index (χ3n) is 6.23. The number of hydrogen-bond donors (Lipinski definition) is 0. The topological polar surface area (TPSA) is 47.1 Å². The number of nitrogens with zero attached hydrogens (tertiary/aromatic N) is 4. The number of carbonyl (C=O) groups excluding carboxylic acids is 2. The average molecular weight is 423 g/mol. The Bertz CT molecular complexity index is 969. The monoisotopic (exact) mass is 422 g/mol. The standard InChI is InChI=1S/C23H26N4O2S/c1-24-12-14-25(15-13-24)17-6-8-18(9-7-17)27-22(28)20(19-5-4-16-30-19)21(23(27)29)26-10-2-3-11-26/h4-9,16H,2-3,10-15H2,1H3. The zero-order valence-electron chi connectivity index (χ0n) is 17.2. The number of thiophene rings is 1. The van der Waals surface area contributed by atoms with Gasteiger partial charge in [-0.1, -0.05) is 6.07 Å². The van der Waals surface area contributed by atoms with E-state index in [-0.39, 0.29) is 11.8 Å². The van der Waals surface area contributed by atoms with Gasteiger partial charge in [0, 0.05) is 49.8 Å². The summed E-state index contributed by atoms with van der Waals surface area (Å²) in [5, 5.41) is 1.95. The molecule has 30 heavy (non-hydrogen) atoms. The Labute approximate surface area is 181 Å². The van der Waals surface area contributed by atoms with E-state index in [1.54, 1.807) is 0 Å². The van der Waals surface area contributed by atoms with E-state index in [9.17, 15) is 9.59 Å². The fourth-order valence-electron chi connectivity index (χ4n) is 4.51. The highest BCUT2D eigenvalue weighted by Crippen LogP contribution is 2.38. The van der Waals surface area contributed by atoms with Crippen molar-refractivity contribution in [2.24, 2.45) is 0 Å². The van der Waals surface area contributed by atoms with Gasteiger partial charge < -0.3 is 14.7 Å². The number of amides is 2. The second-order valence-electron chi connectivity index (χ2n) is 8.15. The summed E-state index contributed by atoms with van der Waals surface area (Å²) >= 11 is 1.51. The molecule has 7 heteroatoms. The molecule has 2 fully saturated rings. The van der Waals surface area contributed by atoms with Crippen molar-refractivity contribution in [1.29, 1.82) is 0 Å². The van der Waals surface area contributed by atoms with E-state index in [0.29, 0.717) is 17.0 Å². The van der Waals surface area contributed by atoms with Crippen molar-refractivity contribution in [2.45, 2.75) is 12.8 Å². The molecule has 0 radical (unpaired) electrons. The molecule has 0 saturated carbocycles. The molecular formula is C23H26N4O2S. The van der Waals surface area contributed by atoms with Gasteiger partial charge in [0.15, 0.2) is 0 Å². The van der Waals surface area contributed by atoms with Crippen LogP contribution in [-0.2, 0) is 9.59 Å². The van der Waals surface area contributed by atoms with Crippen molar-refractivity contribution in [3.05, 3.63) is 52.4 Å². The molecule has 4 heterocycles. The number of carbonyl (C=O) groups is 2. The summed E-state index contributed by atoms with van der Waals surface area (Å²) in [5.74, 6) is -0.408. The highest BCUT2D eigenvalue weighted by Gasteiger charge is 2.43. The molecule has 0 atom stereocenters. The van der Waals surface area contributed by atoms with E-state index in [2.05, 4.69) is 21.7 Å².